The van der Waals surface area contributed by atoms with Gasteiger partial charge < -0.3 is 20.0 Å². The van der Waals surface area contributed by atoms with Crippen LogP contribution >= 0.6 is 0 Å². The number of nitrogens with one attached hydrogen (secondary N) is 1. The molecule has 2 atom stereocenters. The van der Waals surface area contributed by atoms with E-state index < -0.39 is 0 Å². The largest absolute Gasteiger partial charge is 0.368 e. The Kier molecular flexibility index (Phi) is 7.82. The standard InChI is InChI=1S/C31H39N5O2/c1-22-17-23(2)21-36(20-22)29-18-24(3)27-19-25(9-10-28(27)33-29)32-30(37)11-12-31(38)35-15-13-34(14-16-35)26-7-5-4-6-8-26/h4-10,18-19,22-23H,11-17,20-21H2,1-3H3,(H,32,37). The molecule has 1 aromatic heterocycles. The van der Waals surface area contributed by atoms with Gasteiger partial charge in [-0.2, -0.15) is 0 Å². The van der Waals surface area contributed by atoms with Gasteiger partial charge >= 0.3 is 0 Å². The molecule has 38 heavy (non-hydrogen) atoms. The van der Waals surface area contributed by atoms with E-state index in [-0.39, 0.29) is 24.7 Å². The molecular formula is C31H39N5O2. The van der Waals surface area contributed by atoms with E-state index >= 15 is 0 Å². The SMILES string of the molecule is Cc1cc(N2CC(C)CC(C)C2)nc2ccc(NC(=O)CCC(=O)N3CCN(c4ccccc4)CC3)cc12. The summed E-state index contributed by atoms with van der Waals surface area (Å²) in [5, 5.41) is 4.02. The van der Waals surface area contributed by atoms with E-state index in [2.05, 4.69) is 54.1 Å². The van der Waals surface area contributed by atoms with Gasteiger partial charge in [-0.3, -0.25) is 9.59 Å². The van der Waals surface area contributed by atoms with E-state index in [4.69, 9.17) is 4.98 Å². The van der Waals surface area contributed by atoms with Gasteiger partial charge in [0, 0.05) is 68.9 Å². The summed E-state index contributed by atoms with van der Waals surface area (Å²) in [5.41, 5.74) is 4.02. The summed E-state index contributed by atoms with van der Waals surface area (Å²) in [7, 11) is 0. The summed E-state index contributed by atoms with van der Waals surface area (Å²) >= 11 is 0. The highest BCUT2D eigenvalue weighted by Crippen LogP contribution is 2.29. The number of carbonyl (C=O) groups is 2. The van der Waals surface area contributed by atoms with Gasteiger partial charge in [0.05, 0.1) is 5.52 Å². The molecule has 5 rings (SSSR count). The Morgan fingerprint density at radius 2 is 1.61 bits per heavy atom. The maximum absolute atomic E-state index is 12.7. The molecule has 0 aliphatic carbocycles. The van der Waals surface area contributed by atoms with Gasteiger partial charge in [-0.15, -0.1) is 0 Å². The third kappa shape index (κ3) is 6.09. The van der Waals surface area contributed by atoms with Gasteiger partial charge in [0.15, 0.2) is 0 Å². The second-order valence-corrected chi connectivity index (χ2v) is 11.1. The van der Waals surface area contributed by atoms with E-state index in [0.29, 0.717) is 24.9 Å². The minimum atomic E-state index is -0.140. The number of anilines is 3. The third-order valence-electron chi connectivity index (χ3n) is 7.80. The van der Waals surface area contributed by atoms with Gasteiger partial charge in [-0.05, 0) is 67.1 Å². The molecule has 0 bridgehead atoms. The number of hydrogen-bond donors (Lipinski definition) is 1. The van der Waals surface area contributed by atoms with Gasteiger partial charge in [0.2, 0.25) is 11.8 Å². The number of piperidine rings is 1. The lowest BCUT2D eigenvalue weighted by molar-refractivity contribution is -0.133. The van der Waals surface area contributed by atoms with Crippen molar-refractivity contribution < 1.29 is 9.59 Å². The van der Waals surface area contributed by atoms with Crippen LogP contribution in [0.15, 0.2) is 54.6 Å². The number of hydrogen-bond acceptors (Lipinski definition) is 5. The molecule has 3 heterocycles. The van der Waals surface area contributed by atoms with Crippen LogP contribution in [0.4, 0.5) is 17.2 Å². The smallest absolute Gasteiger partial charge is 0.224 e. The van der Waals surface area contributed by atoms with Crippen molar-refractivity contribution in [2.45, 2.75) is 40.0 Å². The topological polar surface area (TPSA) is 68.8 Å². The summed E-state index contributed by atoms with van der Waals surface area (Å²) in [6.07, 6.45) is 1.67. The zero-order chi connectivity index (χ0) is 26.6. The molecule has 2 unspecified atom stereocenters. The number of rotatable bonds is 6. The highest BCUT2D eigenvalue weighted by atomic mass is 16.2. The molecular weight excluding hydrogens is 474 g/mol. The van der Waals surface area contributed by atoms with Crippen LogP contribution in [0, 0.1) is 18.8 Å². The van der Waals surface area contributed by atoms with Crippen LogP contribution in [0.2, 0.25) is 0 Å². The first-order valence-electron chi connectivity index (χ1n) is 13.9. The molecule has 7 heteroatoms. The molecule has 2 fully saturated rings. The van der Waals surface area contributed by atoms with Crippen LogP contribution in [0.25, 0.3) is 10.9 Å². The van der Waals surface area contributed by atoms with Crippen LogP contribution in [-0.2, 0) is 9.59 Å². The summed E-state index contributed by atoms with van der Waals surface area (Å²) in [6, 6.07) is 18.3. The quantitative estimate of drug-likeness (QED) is 0.497. The normalized spacial score (nSPS) is 20.0. The number of aryl methyl sites for hydroxylation is 1. The zero-order valence-electron chi connectivity index (χ0n) is 22.8. The molecule has 2 aliphatic heterocycles. The fourth-order valence-electron chi connectivity index (χ4n) is 5.92. The Bertz CT molecular complexity index is 1280. The molecule has 200 valence electrons. The van der Waals surface area contributed by atoms with Crippen molar-refractivity contribution in [1.82, 2.24) is 9.88 Å². The molecule has 0 spiro atoms. The number of amides is 2. The summed E-state index contributed by atoms with van der Waals surface area (Å²) in [4.78, 5) is 36.9. The first-order valence-corrected chi connectivity index (χ1v) is 13.9. The average molecular weight is 514 g/mol. The van der Waals surface area contributed by atoms with Crippen molar-refractivity contribution in [3.8, 4) is 0 Å². The Morgan fingerprint density at radius 1 is 0.895 bits per heavy atom. The zero-order valence-corrected chi connectivity index (χ0v) is 22.8. The monoisotopic (exact) mass is 513 g/mol. The van der Waals surface area contributed by atoms with Crippen LogP contribution in [0.1, 0.15) is 38.7 Å². The van der Waals surface area contributed by atoms with E-state index in [9.17, 15) is 9.59 Å². The average Bonchev–Trinajstić information content (AvgIpc) is 2.92. The Labute approximate surface area is 225 Å². The second-order valence-electron chi connectivity index (χ2n) is 11.1. The summed E-state index contributed by atoms with van der Waals surface area (Å²) in [6.45, 7) is 11.8. The van der Waals surface area contributed by atoms with Gasteiger partial charge in [-0.25, -0.2) is 4.98 Å². The Balaban J connectivity index is 1.14. The molecule has 3 aromatic rings. The number of piperazine rings is 1. The van der Waals surface area contributed by atoms with Crippen LogP contribution in [0.5, 0.6) is 0 Å². The van der Waals surface area contributed by atoms with Gasteiger partial charge in [-0.1, -0.05) is 32.0 Å². The van der Waals surface area contributed by atoms with Gasteiger partial charge in [0.25, 0.3) is 0 Å². The van der Waals surface area contributed by atoms with E-state index in [1.54, 1.807) is 0 Å². The van der Waals surface area contributed by atoms with Gasteiger partial charge in [0.1, 0.15) is 5.82 Å². The molecule has 7 nitrogen and oxygen atoms in total. The molecule has 2 aromatic carbocycles. The molecule has 2 saturated heterocycles. The lowest BCUT2D eigenvalue weighted by Gasteiger charge is -2.36. The Morgan fingerprint density at radius 3 is 2.32 bits per heavy atom. The number of nitrogens with zero attached hydrogens (tertiary/aromatic N) is 4. The highest BCUT2D eigenvalue weighted by molar-refractivity contribution is 5.96. The minimum absolute atomic E-state index is 0.0419. The van der Waals surface area contributed by atoms with Crippen molar-refractivity contribution in [2.75, 3.05) is 54.4 Å². The lowest BCUT2D eigenvalue weighted by atomic mass is 9.92. The maximum Gasteiger partial charge on any atom is 0.224 e. The fraction of sp³-hybridized carbons (Fsp3) is 0.452. The van der Waals surface area contributed by atoms with Crippen molar-refractivity contribution in [2.24, 2.45) is 11.8 Å². The molecule has 2 aliphatic rings. The van der Waals surface area contributed by atoms with Crippen molar-refractivity contribution >= 4 is 39.9 Å². The fourth-order valence-corrected chi connectivity index (χ4v) is 5.92. The molecule has 1 N–H and O–H groups in total. The molecule has 0 saturated carbocycles. The summed E-state index contributed by atoms with van der Waals surface area (Å²) in [5.74, 6) is 2.27. The van der Waals surface area contributed by atoms with Crippen LogP contribution < -0.4 is 15.1 Å². The maximum atomic E-state index is 12.7. The molecule has 0 radical (unpaired) electrons. The number of benzene rings is 2. The highest BCUT2D eigenvalue weighted by Gasteiger charge is 2.24. The van der Waals surface area contributed by atoms with E-state index in [0.717, 1.165) is 54.2 Å². The first kappa shape index (κ1) is 26.0. The van der Waals surface area contributed by atoms with Crippen molar-refractivity contribution in [3.63, 3.8) is 0 Å². The minimum Gasteiger partial charge on any atom is -0.368 e. The Hall–Kier alpha value is -3.61. The number of pyridine rings is 1. The third-order valence-corrected chi connectivity index (χ3v) is 7.80. The number of aromatic nitrogens is 1. The summed E-state index contributed by atoms with van der Waals surface area (Å²) < 4.78 is 0. The van der Waals surface area contributed by atoms with Crippen LogP contribution in [-0.4, -0.2) is 61.0 Å². The van der Waals surface area contributed by atoms with E-state index in [1.807, 2.05) is 41.3 Å². The predicted molar refractivity (Wildman–Crippen MR) is 155 cm³/mol. The first-order chi connectivity index (χ1) is 18.4. The molecule has 2 amide bonds. The predicted octanol–water partition coefficient (Wildman–Crippen LogP) is 5.09. The van der Waals surface area contributed by atoms with E-state index in [1.165, 1.54) is 12.1 Å². The number of fused-ring (bicyclic) bond motifs is 1. The van der Waals surface area contributed by atoms with Crippen molar-refractivity contribution in [1.29, 1.82) is 0 Å². The lowest BCUT2D eigenvalue weighted by Crippen LogP contribution is -2.48. The number of carbonyl (C=O) groups excluding carboxylic acids is 2. The number of para-hydroxylation sites is 1. The van der Waals surface area contributed by atoms with Crippen LogP contribution in [0.3, 0.4) is 0 Å². The van der Waals surface area contributed by atoms with Crippen molar-refractivity contribution in [3.05, 3.63) is 60.2 Å². The second kappa shape index (κ2) is 11.4.